The number of aromatic hydroxyl groups is 1. The van der Waals surface area contributed by atoms with E-state index in [9.17, 15) is 9.50 Å². The van der Waals surface area contributed by atoms with Crippen LogP contribution in [0.4, 0.5) is 14.6 Å². The van der Waals surface area contributed by atoms with E-state index < -0.39 is 17.5 Å². The van der Waals surface area contributed by atoms with Crippen LogP contribution in [0.1, 0.15) is 20.3 Å². The number of fused-ring (bicyclic) bond motifs is 2. The van der Waals surface area contributed by atoms with Crippen molar-refractivity contribution in [2.75, 3.05) is 19.0 Å². The molecule has 5 rings (SSSR count). The molecule has 0 aliphatic carbocycles. The highest BCUT2D eigenvalue weighted by molar-refractivity contribution is 5.69. The Morgan fingerprint density at radius 1 is 1.15 bits per heavy atom. The summed E-state index contributed by atoms with van der Waals surface area (Å²) in [5.41, 5.74) is 0.603. The SMILES string of the molecule is CN(c1ccc(-c2ccc(-n3cc(F)cn3)cc2O)nn1)[C@H]1C[C@]2(C)C=C[C@](C)([C@H]1F)N2C. The molecule has 4 atom stereocenters. The molecule has 2 aromatic heterocycles. The average Bonchev–Trinajstić information content (AvgIpc) is 3.31. The van der Waals surface area contributed by atoms with Gasteiger partial charge in [-0.3, -0.25) is 4.90 Å². The maximum Gasteiger partial charge on any atom is 0.161 e. The van der Waals surface area contributed by atoms with Crippen molar-refractivity contribution in [1.82, 2.24) is 24.9 Å². The molecule has 7 nitrogen and oxygen atoms in total. The molecule has 3 aromatic rings. The number of aromatic nitrogens is 4. The molecule has 0 radical (unpaired) electrons. The molecule has 0 amide bonds. The van der Waals surface area contributed by atoms with Crippen LogP contribution >= 0.6 is 0 Å². The van der Waals surface area contributed by atoms with Gasteiger partial charge in [-0.1, -0.05) is 12.2 Å². The number of halogens is 2. The lowest BCUT2D eigenvalue weighted by atomic mass is 9.79. The monoisotopic (exact) mass is 452 g/mol. The minimum Gasteiger partial charge on any atom is -0.507 e. The van der Waals surface area contributed by atoms with Crippen LogP contribution in [0.2, 0.25) is 0 Å². The number of piperidine rings is 1. The number of nitrogens with zero attached hydrogens (tertiary/aromatic N) is 6. The van der Waals surface area contributed by atoms with Gasteiger partial charge in [0, 0.05) is 24.2 Å². The normalized spacial score (nSPS) is 28.9. The summed E-state index contributed by atoms with van der Waals surface area (Å²) in [6.45, 7) is 4.05. The molecule has 1 fully saturated rings. The van der Waals surface area contributed by atoms with E-state index >= 15 is 4.39 Å². The zero-order valence-corrected chi connectivity index (χ0v) is 18.9. The van der Waals surface area contributed by atoms with Gasteiger partial charge in [0.05, 0.1) is 35.4 Å². The van der Waals surface area contributed by atoms with Crippen molar-refractivity contribution in [2.24, 2.45) is 0 Å². The van der Waals surface area contributed by atoms with Gasteiger partial charge >= 0.3 is 0 Å². The van der Waals surface area contributed by atoms with Gasteiger partial charge in [-0.2, -0.15) is 5.10 Å². The van der Waals surface area contributed by atoms with Gasteiger partial charge in [-0.05, 0) is 51.6 Å². The maximum absolute atomic E-state index is 15.6. The third-order valence-electron chi connectivity index (χ3n) is 7.37. The van der Waals surface area contributed by atoms with E-state index in [-0.39, 0.29) is 17.3 Å². The molecule has 4 heterocycles. The second-order valence-corrected chi connectivity index (χ2v) is 9.34. The van der Waals surface area contributed by atoms with Crippen molar-refractivity contribution >= 4 is 5.82 Å². The maximum atomic E-state index is 15.6. The van der Waals surface area contributed by atoms with Gasteiger partial charge in [-0.15, -0.1) is 10.2 Å². The number of rotatable bonds is 4. The Hall–Kier alpha value is -3.33. The summed E-state index contributed by atoms with van der Waals surface area (Å²) in [4.78, 5) is 3.96. The first-order chi connectivity index (χ1) is 15.6. The smallest absolute Gasteiger partial charge is 0.161 e. The van der Waals surface area contributed by atoms with Crippen molar-refractivity contribution in [3.05, 3.63) is 60.7 Å². The van der Waals surface area contributed by atoms with Gasteiger partial charge in [0.2, 0.25) is 0 Å². The summed E-state index contributed by atoms with van der Waals surface area (Å²) >= 11 is 0. The lowest BCUT2D eigenvalue weighted by Gasteiger charge is -2.53. The van der Waals surface area contributed by atoms with Crippen LogP contribution in [0.15, 0.2) is 54.9 Å². The summed E-state index contributed by atoms with van der Waals surface area (Å²) in [5, 5.41) is 23.0. The van der Waals surface area contributed by atoms with E-state index in [0.29, 0.717) is 29.2 Å². The first-order valence-corrected chi connectivity index (χ1v) is 10.8. The van der Waals surface area contributed by atoms with E-state index in [1.807, 2.05) is 32.0 Å². The number of hydrogen-bond donors (Lipinski definition) is 1. The van der Waals surface area contributed by atoms with Crippen LogP contribution in [0, 0.1) is 5.82 Å². The molecule has 0 spiro atoms. The lowest BCUT2D eigenvalue weighted by molar-refractivity contribution is -0.0216. The average molecular weight is 453 g/mol. The molecule has 1 aromatic carbocycles. The van der Waals surface area contributed by atoms with Crippen LogP contribution in [-0.4, -0.2) is 67.4 Å². The third kappa shape index (κ3) is 3.30. The van der Waals surface area contributed by atoms with E-state index in [4.69, 9.17) is 0 Å². The minimum absolute atomic E-state index is 0.0264. The lowest BCUT2D eigenvalue weighted by Crippen LogP contribution is -2.66. The van der Waals surface area contributed by atoms with E-state index in [2.05, 4.69) is 33.2 Å². The fourth-order valence-corrected chi connectivity index (χ4v) is 5.00. The second-order valence-electron chi connectivity index (χ2n) is 9.34. The fourth-order valence-electron chi connectivity index (χ4n) is 5.00. The number of phenols is 1. The van der Waals surface area contributed by atoms with Crippen LogP contribution in [0.3, 0.4) is 0 Å². The molecule has 0 unspecified atom stereocenters. The van der Waals surface area contributed by atoms with Gasteiger partial charge in [0.25, 0.3) is 0 Å². The molecule has 172 valence electrons. The molecule has 0 saturated carbocycles. The molecule has 1 N–H and O–H groups in total. The summed E-state index contributed by atoms with van der Waals surface area (Å²) in [6, 6.07) is 8.05. The molecule has 2 aliphatic rings. The van der Waals surface area contributed by atoms with Crippen LogP contribution in [0.5, 0.6) is 5.75 Å². The molecular weight excluding hydrogens is 426 g/mol. The summed E-state index contributed by atoms with van der Waals surface area (Å²) < 4.78 is 30.2. The summed E-state index contributed by atoms with van der Waals surface area (Å²) in [6.07, 6.45) is 5.94. The Morgan fingerprint density at radius 2 is 1.94 bits per heavy atom. The highest BCUT2D eigenvalue weighted by Gasteiger charge is 2.57. The van der Waals surface area contributed by atoms with E-state index in [1.165, 1.54) is 16.9 Å². The minimum atomic E-state index is -1.09. The standard InChI is InChI=1S/C24H26F2N6O/c1-23-9-10-24(2,31(23)4)22(26)19(12-23)30(3)21-8-7-18(28-29-21)17-6-5-16(11-20(17)33)32-14-15(25)13-27-32/h5-11,13-14,19,22,33H,12H2,1-4H3/t19-,22-,23-,24+/m0/s1. The van der Waals surface area contributed by atoms with Crippen LogP contribution < -0.4 is 4.90 Å². The first-order valence-electron chi connectivity index (χ1n) is 10.8. The second kappa shape index (κ2) is 7.34. The Kier molecular flexibility index (Phi) is 4.79. The number of benzene rings is 1. The van der Waals surface area contributed by atoms with Gasteiger partial charge in [-0.25, -0.2) is 13.5 Å². The van der Waals surface area contributed by atoms with Crippen molar-refractivity contribution < 1.29 is 13.9 Å². The number of phenolic OH excluding ortho intramolecular Hbond substituents is 1. The summed E-state index contributed by atoms with van der Waals surface area (Å²) in [7, 11) is 3.81. The molecule has 33 heavy (non-hydrogen) atoms. The Balaban J connectivity index is 1.38. The zero-order chi connectivity index (χ0) is 23.5. The fraction of sp³-hybridized carbons (Fsp3) is 0.375. The molecule has 2 bridgehead atoms. The predicted molar refractivity (Wildman–Crippen MR) is 122 cm³/mol. The van der Waals surface area contributed by atoms with E-state index in [0.717, 1.165) is 6.20 Å². The van der Waals surface area contributed by atoms with Crippen LogP contribution in [0.25, 0.3) is 16.9 Å². The van der Waals surface area contributed by atoms with E-state index in [1.54, 1.807) is 24.3 Å². The van der Waals surface area contributed by atoms with Gasteiger partial charge in [0.15, 0.2) is 11.6 Å². The largest absolute Gasteiger partial charge is 0.507 e. The summed E-state index contributed by atoms with van der Waals surface area (Å²) in [5.74, 6) is 0.0724. The highest BCUT2D eigenvalue weighted by Crippen LogP contribution is 2.47. The Bertz CT molecular complexity index is 1230. The van der Waals surface area contributed by atoms with Gasteiger partial charge in [0.1, 0.15) is 11.9 Å². The highest BCUT2D eigenvalue weighted by atomic mass is 19.1. The topological polar surface area (TPSA) is 70.3 Å². The van der Waals surface area contributed by atoms with Gasteiger partial charge < -0.3 is 10.0 Å². The molecule has 2 aliphatic heterocycles. The Labute approximate surface area is 191 Å². The van der Waals surface area contributed by atoms with Crippen molar-refractivity contribution in [2.45, 2.75) is 43.6 Å². The number of hydrogen-bond acceptors (Lipinski definition) is 6. The predicted octanol–water partition coefficient (Wildman–Crippen LogP) is 3.74. The van der Waals surface area contributed by atoms with Crippen molar-refractivity contribution in [1.29, 1.82) is 0 Å². The van der Waals surface area contributed by atoms with Crippen LogP contribution in [-0.2, 0) is 0 Å². The molecule has 9 heteroatoms. The Morgan fingerprint density at radius 3 is 2.58 bits per heavy atom. The van der Waals surface area contributed by atoms with Crippen molar-refractivity contribution in [3.8, 4) is 22.7 Å². The zero-order valence-electron chi connectivity index (χ0n) is 18.9. The van der Waals surface area contributed by atoms with Crippen molar-refractivity contribution in [3.63, 3.8) is 0 Å². The number of anilines is 1. The molecular formula is C24H26F2N6O. The first kappa shape index (κ1) is 21.5. The third-order valence-corrected chi connectivity index (χ3v) is 7.37. The number of likely N-dealkylation sites (N-methyl/N-ethyl adjacent to an activating group) is 1. The quantitative estimate of drug-likeness (QED) is 0.609. The molecule has 1 saturated heterocycles. The number of alkyl halides is 1.